The topological polar surface area (TPSA) is 26.3 Å². The highest BCUT2D eigenvalue weighted by molar-refractivity contribution is 5.96. The van der Waals surface area contributed by atoms with Gasteiger partial charge in [-0.3, -0.25) is 4.79 Å². The van der Waals surface area contributed by atoms with E-state index in [0.717, 1.165) is 18.2 Å². The number of carbonyl (C=O) groups excluding carboxylic acids is 1. The van der Waals surface area contributed by atoms with Crippen molar-refractivity contribution in [1.82, 2.24) is 0 Å². The third kappa shape index (κ3) is 1.61. The largest absolute Gasteiger partial charge is 0.496 e. The second-order valence-corrected chi connectivity index (χ2v) is 2.30. The monoisotopic (exact) mass is 171 g/mol. The van der Waals surface area contributed by atoms with Crippen molar-refractivity contribution in [2.24, 2.45) is 0 Å². The number of rotatable bonds is 2. The van der Waals surface area contributed by atoms with Gasteiger partial charge in [0.2, 0.25) is 0 Å². The predicted octanol–water partition coefficient (Wildman–Crippen LogP) is 2.04. The third-order valence-electron chi connectivity index (χ3n) is 1.43. The maximum Gasteiger partial charge on any atom is 0.163 e. The molecule has 0 aliphatic rings. The molecule has 0 amide bonds. The Morgan fingerprint density at radius 3 is 3.00 bits per heavy atom. The van der Waals surface area contributed by atoms with Crippen molar-refractivity contribution in [3.05, 3.63) is 29.6 Å². The predicted molar refractivity (Wildman–Crippen MR) is 43.0 cm³/mol. The molecule has 2 nitrogen and oxygen atoms in total. The molecule has 1 aromatic rings. The highest BCUT2D eigenvalue weighted by Gasteiger charge is 2.07. The molecule has 1 rings (SSSR count). The van der Waals surface area contributed by atoms with Crippen LogP contribution in [0.2, 0.25) is 0 Å². The Balaban J connectivity index is 3.12. The van der Waals surface area contributed by atoms with Crippen molar-refractivity contribution >= 4 is 5.78 Å². The molecule has 0 N–H and O–H groups in total. The number of ether oxygens (including phenoxy) is 1. The zero-order chi connectivity index (χ0) is 11.6. The van der Waals surface area contributed by atoms with E-state index >= 15 is 0 Å². The molecule has 3 heteroatoms. The number of benzene rings is 1. The molecule has 0 radical (unpaired) electrons. The van der Waals surface area contributed by atoms with Gasteiger partial charge < -0.3 is 4.74 Å². The smallest absolute Gasteiger partial charge is 0.163 e. The molecule has 0 atom stereocenters. The second kappa shape index (κ2) is 3.34. The molecule has 0 bridgehead atoms. The maximum atomic E-state index is 12.8. The first kappa shape index (κ1) is 5.30. The van der Waals surface area contributed by atoms with Crippen LogP contribution in [-0.4, -0.2) is 12.8 Å². The van der Waals surface area contributed by atoms with Crippen molar-refractivity contribution in [2.45, 2.75) is 6.92 Å². The van der Waals surface area contributed by atoms with Crippen LogP contribution >= 0.6 is 0 Å². The quantitative estimate of drug-likeness (QED) is 0.636. The zero-order valence-electron chi connectivity index (χ0n) is 9.43. The van der Waals surface area contributed by atoms with E-state index in [0.29, 0.717) is 0 Å². The lowest BCUT2D eigenvalue weighted by Crippen LogP contribution is -1.97. The summed E-state index contributed by atoms with van der Waals surface area (Å²) in [6.45, 7) is 1.21. The lowest BCUT2D eigenvalue weighted by atomic mass is 10.1. The molecule has 64 valence electrons. The van der Waals surface area contributed by atoms with E-state index in [-0.39, 0.29) is 11.3 Å². The molecule has 1 aromatic carbocycles. The molecule has 12 heavy (non-hydrogen) atoms. The molecule has 0 spiro atoms. The minimum atomic E-state index is -2.65. The van der Waals surface area contributed by atoms with Gasteiger partial charge in [0.15, 0.2) is 5.78 Å². The summed E-state index contributed by atoms with van der Waals surface area (Å²) in [5.74, 6) is -1.20. The van der Waals surface area contributed by atoms with Gasteiger partial charge in [-0.05, 0) is 25.1 Å². The number of hydrogen-bond donors (Lipinski definition) is 0. The SMILES string of the molecule is [2H]C([2H])([2H])Oc1ccc(F)cc1C(C)=O. The summed E-state index contributed by atoms with van der Waals surface area (Å²) in [5.41, 5.74) is -0.0777. The van der Waals surface area contributed by atoms with Gasteiger partial charge >= 0.3 is 0 Å². The normalized spacial score (nSPS) is 14.3. The Kier molecular flexibility index (Phi) is 1.48. The maximum absolute atomic E-state index is 12.8. The van der Waals surface area contributed by atoms with Gasteiger partial charge in [-0.2, -0.15) is 0 Å². The molecule has 0 unspecified atom stereocenters. The van der Waals surface area contributed by atoms with Crippen molar-refractivity contribution < 1.29 is 18.0 Å². The summed E-state index contributed by atoms with van der Waals surface area (Å²) in [7, 11) is -2.65. The highest BCUT2D eigenvalue weighted by Crippen LogP contribution is 2.19. The Bertz CT molecular complexity index is 387. The molecular weight excluding hydrogens is 159 g/mol. The zero-order valence-corrected chi connectivity index (χ0v) is 6.43. The van der Waals surface area contributed by atoms with E-state index < -0.39 is 18.6 Å². The summed E-state index contributed by atoms with van der Waals surface area (Å²) in [6, 6.07) is 3.11. The number of halogens is 1. The minimum Gasteiger partial charge on any atom is -0.496 e. The molecular formula is C9H9FO2. The van der Waals surface area contributed by atoms with Crippen LogP contribution in [0, 0.1) is 5.82 Å². The van der Waals surface area contributed by atoms with E-state index in [2.05, 4.69) is 4.74 Å². The summed E-state index contributed by atoms with van der Waals surface area (Å²) in [4.78, 5) is 11.1. The fourth-order valence-corrected chi connectivity index (χ4v) is 0.866. The lowest BCUT2D eigenvalue weighted by Gasteiger charge is -2.04. The summed E-state index contributed by atoms with van der Waals surface area (Å²) >= 11 is 0. The average molecular weight is 171 g/mol. The van der Waals surface area contributed by atoms with Gasteiger partial charge in [-0.25, -0.2) is 4.39 Å². The minimum absolute atomic E-state index is 0.0777. The fraction of sp³-hybridized carbons (Fsp3) is 0.222. The van der Waals surface area contributed by atoms with Crippen LogP contribution in [0.4, 0.5) is 4.39 Å². The number of Topliss-reactive ketones (excluding diaryl/α,β-unsaturated/α-hetero) is 1. The first-order valence-corrected chi connectivity index (χ1v) is 3.29. The molecule has 0 fully saturated rings. The summed E-state index contributed by atoms with van der Waals surface area (Å²) in [6.07, 6.45) is 0. The van der Waals surface area contributed by atoms with Crippen LogP contribution in [-0.2, 0) is 0 Å². The Labute approximate surface area is 74.2 Å². The fourth-order valence-electron chi connectivity index (χ4n) is 0.866. The van der Waals surface area contributed by atoms with Gasteiger partial charge in [0, 0.05) is 0 Å². The molecule has 0 heterocycles. The van der Waals surface area contributed by atoms with Crippen LogP contribution in [0.25, 0.3) is 0 Å². The number of carbonyl (C=O) groups is 1. The van der Waals surface area contributed by atoms with E-state index in [1.807, 2.05) is 0 Å². The molecule has 0 aliphatic carbocycles. The van der Waals surface area contributed by atoms with Crippen LogP contribution in [0.1, 0.15) is 21.4 Å². The van der Waals surface area contributed by atoms with E-state index in [1.165, 1.54) is 6.92 Å². The highest BCUT2D eigenvalue weighted by atomic mass is 19.1. The number of methoxy groups -OCH3 is 1. The number of hydrogen-bond acceptors (Lipinski definition) is 2. The number of ketones is 1. The van der Waals surface area contributed by atoms with Crippen LogP contribution in [0.3, 0.4) is 0 Å². The van der Waals surface area contributed by atoms with Gasteiger partial charge in [0.25, 0.3) is 0 Å². The van der Waals surface area contributed by atoms with Crippen molar-refractivity contribution in [2.75, 3.05) is 7.04 Å². The van der Waals surface area contributed by atoms with Crippen LogP contribution < -0.4 is 4.74 Å². The van der Waals surface area contributed by atoms with Gasteiger partial charge in [0.05, 0.1) is 16.7 Å². The molecule has 0 aromatic heterocycles. The standard InChI is InChI=1S/C9H9FO2/c1-6(11)8-5-7(10)3-4-9(8)12-2/h3-5H,1-2H3/i2D3. The average Bonchev–Trinajstić information content (AvgIpc) is 2.05. The second-order valence-electron chi connectivity index (χ2n) is 2.30. The first-order chi connectivity index (χ1) is 6.79. The van der Waals surface area contributed by atoms with Crippen LogP contribution in [0.15, 0.2) is 18.2 Å². The van der Waals surface area contributed by atoms with Crippen molar-refractivity contribution in [1.29, 1.82) is 0 Å². The lowest BCUT2D eigenvalue weighted by molar-refractivity contribution is 0.101. The summed E-state index contributed by atoms with van der Waals surface area (Å²) in [5, 5.41) is 0. The first-order valence-electron chi connectivity index (χ1n) is 4.79. The molecule has 0 saturated heterocycles. The van der Waals surface area contributed by atoms with E-state index in [4.69, 9.17) is 4.11 Å². The van der Waals surface area contributed by atoms with E-state index in [9.17, 15) is 9.18 Å². The third-order valence-corrected chi connectivity index (χ3v) is 1.43. The Morgan fingerprint density at radius 2 is 2.42 bits per heavy atom. The van der Waals surface area contributed by atoms with Gasteiger partial charge in [-0.15, -0.1) is 0 Å². The molecule has 0 saturated carbocycles. The van der Waals surface area contributed by atoms with Crippen molar-refractivity contribution in [3.8, 4) is 5.75 Å². The molecule has 0 aliphatic heterocycles. The van der Waals surface area contributed by atoms with Crippen LogP contribution in [0.5, 0.6) is 5.75 Å². The van der Waals surface area contributed by atoms with Crippen molar-refractivity contribution in [3.63, 3.8) is 0 Å². The van der Waals surface area contributed by atoms with Gasteiger partial charge in [-0.1, -0.05) is 0 Å². The van der Waals surface area contributed by atoms with Gasteiger partial charge in [0.1, 0.15) is 11.6 Å². The van der Waals surface area contributed by atoms with E-state index in [1.54, 1.807) is 0 Å². The summed E-state index contributed by atoms with van der Waals surface area (Å²) < 4.78 is 38.0. The Morgan fingerprint density at radius 1 is 1.67 bits per heavy atom. The Hall–Kier alpha value is -1.38.